The van der Waals surface area contributed by atoms with Crippen molar-refractivity contribution in [3.63, 3.8) is 0 Å². The van der Waals surface area contributed by atoms with Gasteiger partial charge in [-0.25, -0.2) is 9.97 Å². The minimum absolute atomic E-state index is 0.201. The van der Waals surface area contributed by atoms with E-state index in [1.54, 1.807) is 6.26 Å². The van der Waals surface area contributed by atoms with Gasteiger partial charge in [0, 0.05) is 29.7 Å². The molecule has 1 aliphatic rings. The van der Waals surface area contributed by atoms with Crippen molar-refractivity contribution in [1.82, 2.24) is 9.97 Å². The zero-order chi connectivity index (χ0) is 13.1. The van der Waals surface area contributed by atoms with Crippen molar-refractivity contribution >= 4 is 28.2 Å². The van der Waals surface area contributed by atoms with Crippen LogP contribution in [-0.4, -0.2) is 46.2 Å². The summed E-state index contributed by atoms with van der Waals surface area (Å²) in [7, 11) is -0.939. The lowest BCUT2D eigenvalue weighted by Crippen LogP contribution is -2.44. The number of morpholine rings is 1. The Morgan fingerprint density at radius 1 is 1.61 bits per heavy atom. The third-order valence-electron chi connectivity index (χ3n) is 2.75. The molecule has 2 heterocycles. The van der Waals surface area contributed by atoms with E-state index in [1.165, 1.54) is 0 Å². The second kappa shape index (κ2) is 5.95. The molecule has 1 aromatic heterocycles. The lowest BCUT2D eigenvalue weighted by molar-refractivity contribution is 0.0985. The van der Waals surface area contributed by atoms with Gasteiger partial charge in [0.15, 0.2) is 0 Å². The predicted molar refractivity (Wildman–Crippen MR) is 72.4 cm³/mol. The van der Waals surface area contributed by atoms with E-state index >= 15 is 0 Å². The Morgan fingerprint density at radius 2 is 2.39 bits per heavy atom. The topological polar surface area (TPSA) is 55.3 Å². The van der Waals surface area contributed by atoms with Crippen LogP contribution in [0.4, 0.5) is 5.82 Å². The Morgan fingerprint density at radius 3 is 3.06 bits per heavy atom. The molecule has 1 fully saturated rings. The van der Waals surface area contributed by atoms with Crippen LogP contribution in [0, 0.1) is 0 Å². The van der Waals surface area contributed by atoms with Crippen molar-refractivity contribution in [1.29, 1.82) is 0 Å². The summed E-state index contributed by atoms with van der Waals surface area (Å²) in [6.45, 7) is 4.22. The molecule has 1 aromatic rings. The lowest BCUT2D eigenvalue weighted by atomic mass is 10.2. The maximum absolute atomic E-state index is 11.3. The molecule has 0 radical (unpaired) electrons. The maximum Gasteiger partial charge on any atom is 0.224 e. The van der Waals surface area contributed by atoms with Crippen LogP contribution in [0.2, 0.25) is 5.28 Å². The SMILES string of the molecule is CC1COCCN1c1cc(C[S@](C)=O)nc(Cl)n1. The van der Waals surface area contributed by atoms with Gasteiger partial charge in [0.05, 0.1) is 30.7 Å². The van der Waals surface area contributed by atoms with Crippen LogP contribution in [0.25, 0.3) is 0 Å². The molecule has 1 unspecified atom stereocenters. The number of hydrogen-bond acceptors (Lipinski definition) is 5. The zero-order valence-corrected chi connectivity index (χ0v) is 12.0. The van der Waals surface area contributed by atoms with Crippen LogP contribution < -0.4 is 4.90 Å². The van der Waals surface area contributed by atoms with Gasteiger partial charge in [-0.15, -0.1) is 0 Å². The summed E-state index contributed by atoms with van der Waals surface area (Å²) >= 11 is 5.92. The molecule has 0 spiro atoms. The molecule has 2 rings (SSSR count). The van der Waals surface area contributed by atoms with Crippen molar-refractivity contribution in [2.45, 2.75) is 18.7 Å². The van der Waals surface area contributed by atoms with Gasteiger partial charge < -0.3 is 9.64 Å². The van der Waals surface area contributed by atoms with E-state index in [0.717, 1.165) is 12.4 Å². The third-order valence-corrected chi connectivity index (χ3v) is 3.62. The number of anilines is 1. The molecular weight excluding hydrogens is 274 g/mol. The quantitative estimate of drug-likeness (QED) is 0.784. The van der Waals surface area contributed by atoms with Crippen LogP contribution in [0.5, 0.6) is 0 Å². The van der Waals surface area contributed by atoms with E-state index < -0.39 is 10.8 Å². The highest BCUT2D eigenvalue weighted by atomic mass is 35.5. The number of nitrogens with zero attached hydrogens (tertiary/aromatic N) is 3. The third kappa shape index (κ3) is 3.40. The van der Waals surface area contributed by atoms with Crippen molar-refractivity contribution in [2.24, 2.45) is 0 Å². The first-order chi connectivity index (χ1) is 8.56. The molecule has 5 nitrogen and oxygen atoms in total. The van der Waals surface area contributed by atoms with Crippen LogP contribution in [0.1, 0.15) is 12.6 Å². The summed E-state index contributed by atoms with van der Waals surface area (Å²) in [6, 6.07) is 2.11. The molecule has 0 saturated carbocycles. The van der Waals surface area contributed by atoms with Crippen LogP contribution in [0.3, 0.4) is 0 Å². The average molecular weight is 290 g/mol. The highest BCUT2D eigenvalue weighted by Gasteiger charge is 2.21. The molecular formula is C11H16ClN3O2S. The molecule has 0 amide bonds. The molecule has 18 heavy (non-hydrogen) atoms. The molecule has 0 aliphatic carbocycles. The van der Waals surface area contributed by atoms with Gasteiger partial charge in [-0.2, -0.15) is 0 Å². The second-order valence-corrected chi connectivity index (χ2v) is 6.09. The van der Waals surface area contributed by atoms with Crippen molar-refractivity contribution in [2.75, 3.05) is 30.9 Å². The summed E-state index contributed by atoms with van der Waals surface area (Å²) in [5, 5.41) is 0.201. The number of rotatable bonds is 3. The molecule has 0 aromatic carbocycles. The first kappa shape index (κ1) is 13.7. The Bertz CT molecular complexity index is 458. The normalized spacial score (nSPS) is 21.9. The lowest BCUT2D eigenvalue weighted by Gasteiger charge is -2.34. The van der Waals surface area contributed by atoms with Gasteiger partial charge in [-0.3, -0.25) is 4.21 Å². The number of halogens is 1. The first-order valence-electron chi connectivity index (χ1n) is 5.74. The van der Waals surface area contributed by atoms with Gasteiger partial charge in [0.1, 0.15) is 5.82 Å². The standard InChI is InChI=1S/C11H16ClN3O2S/c1-8-6-17-4-3-15(8)10-5-9(7-18(2)16)13-11(12)14-10/h5,8H,3-4,6-7H2,1-2H3/t8?,18-/m0/s1. The highest BCUT2D eigenvalue weighted by Crippen LogP contribution is 2.20. The van der Waals surface area contributed by atoms with E-state index in [4.69, 9.17) is 16.3 Å². The van der Waals surface area contributed by atoms with E-state index in [9.17, 15) is 4.21 Å². The summed E-state index contributed by atoms with van der Waals surface area (Å²) in [5.41, 5.74) is 0.713. The zero-order valence-electron chi connectivity index (χ0n) is 10.4. The van der Waals surface area contributed by atoms with Gasteiger partial charge in [-0.05, 0) is 18.5 Å². The van der Waals surface area contributed by atoms with E-state index in [0.29, 0.717) is 24.7 Å². The Labute approximate surface area is 114 Å². The van der Waals surface area contributed by atoms with Gasteiger partial charge in [0.2, 0.25) is 5.28 Å². The van der Waals surface area contributed by atoms with Crippen molar-refractivity contribution in [3.8, 4) is 0 Å². The summed E-state index contributed by atoms with van der Waals surface area (Å²) in [5.74, 6) is 1.18. The van der Waals surface area contributed by atoms with Crippen LogP contribution in [-0.2, 0) is 21.3 Å². The van der Waals surface area contributed by atoms with Gasteiger partial charge in [0.25, 0.3) is 0 Å². The minimum atomic E-state index is -0.939. The van der Waals surface area contributed by atoms with Crippen LogP contribution >= 0.6 is 11.6 Å². The Balaban J connectivity index is 2.26. The Kier molecular flexibility index (Phi) is 4.53. The monoisotopic (exact) mass is 289 g/mol. The fourth-order valence-corrected chi connectivity index (χ4v) is 2.71. The second-order valence-electron chi connectivity index (χ2n) is 4.32. The molecule has 0 N–H and O–H groups in total. The highest BCUT2D eigenvalue weighted by molar-refractivity contribution is 7.83. The number of aromatic nitrogens is 2. The van der Waals surface area contributed by atoms with E-state index in [-0.39, 0.29) is 11.3 Å². The average Bonchev–Trinajstić information content (AvgIpc) is 2.27. The fourth-order valence-electron chi connectivity index (χ4n) is 1.95. The summed E-state index contributed by atoms with van der Waals surface area (Å²) in [6.07, 6.45) is 1.65. The Hall–Kier alpha value is -0.720. The summed E-state index contributed by atoms with van der Waals surface area (Å²) in [4.78, 5) is 10.5. The maximum atomic E-state index is 11.3. The first-order valence-corrected chi connectivity index (χ1v) is 7.84. The largest absolute Gasteiger partial charge is 0.377 e. The van der Waals surface area contributed by atoms with Crippen molar-refractivity contribution in [3.05, 3.63) is 17.0 Å². The van der Waals surface area contributed by atoms with Crippen LogP contribution in [0.15, 0.2) is 6.07 Å². The number of hydrogen-bond donors (Lipinski definition) is 0. The molecule has 0 bridgehead atoms. The minimum Gasteiger partial charge on any atom is -0.377 e. The predicted octanol–water partition coefficient (Wildman–Crippen LogP) is 1.23. The molecule has 7 heteroatoms. The molecule has 1 aliphatic heterocycles. The number of ether oxygens (including phenoxy) is 1. The molecule has 100 valence electrons. The van der Waals surface area contributed by atoms with Gasteiger partial charge in [-0.1, -0.05) is 0 Å². The van der Waals surface area contributed by atoms with E-state index in [2.05, 4.69) is 21.8 Å². The smallest absolute Gasteiger partial charge is 0.224 e. The van der Waals surface area contributed by atoms with E-state index in [1.807, 2.05) is 6.07 Å². The molecule has 2 atom stereocenters. The summed E-state index contributed by atoms with van der Waals surface area (Å²) < 4.78 is 16.6. The van der Waals surface area contributed by atoms with Gasteiger partial charge >= 0.3 is 0 Å². The fraction of sp³-hybridized carbons (Fsp3) is 0.636. The van der Waals surface area contributed by atoms with Crippen molar-refractivity contribution < 1.29 is 8.95 Å². The molecule has 1 saturated heterocycles.